The van der Waals surface area contributed by atoms with Gasteiger partial charge in [0.05, 0.1) is 18.8 Å². The highest BCUT2D eigenvalue weighted by atomic mass is 32.1. The molecule has 0 aromatic carbocycles. The fraction of sp³-hybridized carbons (Fsp3) is 0.500. The van der Waals surface area contributed by atoms with Crippen molar-refractivity contribution < 1.29 is 34.2 Å². The summed E-state index contributed by atoms with van der Waals surface area (Å²) in [4.78, 5) is 66.1. The van der Waals surface area contributed by atoms with Gasteiger partial charge < -0.3 is 36.9 Å². The van der Waals surface area contributed by atoms with Gasteiger partial charge in [-0.15, -0.1) is 0 Å². The zero-order valence-corrected chi connectivity index (χ0v) is 17.9. The van der Waals surface area contributed by atoms with Crippen molar-refractivity contribution in [3.8, 4) is 0 Å². The lowest BCUT2D eigenvalue weighted by molar-refractivity contribution is -0.142. The molecule has 1 aromatic heterocycles. The molecule has 0 spiro atoms. The van der Waals surface area contributed by atoms with Crippen molar-refractivity contribution in [2.24, 2.45) is 5.73 Å². The van der Waals surface area contributed by atoms with Crippen molar-refractivity contribution in [3.05, 3.63) is 18.2 Å². The summed E-state index contributed by atoms with van der Waals surface area (Å²) in [5.74, 6) is -5.57. The minimum atomic E-state index is -1.53. The lowest BCUT2D eigenvalue weighted by atomic mass is 10.1. The predicted molar refractivity (Wildman–Crippen MR) is 114 cm³/mol. The number of nitrogens with one attached hydrogen (secondary N) is 4. The fourth-order valence-electron chi connectivity index (χ4n) is 2.30. The van der Waals surface area contributed by atoms with Crippen molar-refractivity contribution >= 4 is 54.9 Å². The first kappa shape index (κ1) is 26.3. The van der Waals surface area contributed by atoms with E-state index < -0.39 is 60.2 Å². The molecule has 172 valence electrons. The SMILES string of the molecule is N[C@@H](CS)C(=O)N[C@@H](CC(=O)O)C(=O)N[C@@H](Cc1cnc[nH]1)C(=O)N[C@@H](CS)C(=O)O. The number of aromatic nitrogens is 2. The van der Waals surface area contributed by atoms with Crippen LogP contribution in [0, 0.1) is 0 Å². The number of H-pyrrole nitrogens is 1. The van der Waals surface area contributed by atoms with Gasteiger partial charge >= 0.3 is 11.9 Å². The van der Waals surface area contributed by atoms with Crippen LogP contribution in [0.25, 0.3) is 0 Å². The van der Waals surface area contributed by atoms with E-state index >= 15 is 0 Å². The Morgan fingerprint density at radius 2 is 1.55 bits per heavy atom. The van der Waals surface area contributed by atoms with Gasteiger partial charge in [0.15, 0.2) is 0 Å². The Kier molecular flexibility index (Phi) is 10.8. The van der Waals surface area contributed by atoms with Gasteiger partial charge in [-0.2, -0.15) is 25.3 Å². The molecule has 1 rings (SSSR count). The number of thiol groups is 2. The van der Waals surface area contributed by atoms with Crippen LogP contribution in [-0.2, 0) is 30.4 Å². The van der Waals surface area contributed by atoms with Crippen LogP contribution in [0.1, 0.15) is 12.1 Å². The van der Waals surface area contributed by atoms with Crippen LogP contribution in [0.4, 0.5) is 0 Å². The number of aliphatic carboxylic acids is 2. The van der Waals surface area contributed by atoms with Crippen molar-refractivity contribution in [2.75, 3.05) is 11.5 Å². The maximum Gasteiger partial charge on any atom is 0.327 e. The van der Waals surface area contributed by atoms with E-state index in [0.717, 1.165) is 0 Å². The van der Waals surface area contributed by atoms with E-state index in [4.69, 9.17) is 15.9 Å². The van der Waals surface area contributed by atoms with Crippen LogP contribution in [0.3, 0.4) is 0 Å². The summed E-state index contributed by atoms with van der Waals surface area (Å²) in [7, 11) is 0. The number of imidazole rings is 1. The van der Waals surface area contributed by atoms with Crippen LogP contribution in [0.2, 0.25) is 0 Å². The number of hydrogen-bond donors (Lipinski definition) is 9. The third kappa shape index (κ3) is 8.85. The molecular formula is C16H24N6O7S2. The van der Waals surface area contributed by atoms with Gasteiger partial charge in [-0.1, -0.05) is 0 Å². The minimum absolute atomic E-state index is 0.0433. The van der Waals surface area contributed by atoms with E-state index in [-0.39, 0.29) is 17.9 Å². The molecule has 0 fully saturated rings. The Morgan fingerprint density at radius 1 is 0.968 bits per heavy atom. The van der Waals surface area contributed by atoms with Crippen LogP contribution in [-0.4, -0.2) is 85.5 Å². The molecule has 0 aliphatic heterocycles. The molecule has 0 aliphatic rings. The summed E-state index contributed by atoms with van der Waals surface area (Å²) in [5, 5.41) is 24.9. The Labute approximate surface area is 187 Å². The van der Waals surface area contributed by atoms with Crippen molar-refractivity contribution in [1.29, 1.82) is 0 Å². The molecule has 0 saturated carbocycles. The zero-order valence-electron chi connectivity index (χ0n) is 16.1. The number of rotatable bonds is 13. The highest BCUT2D eigenvalue weighted by Crippen LogP contribution is 2.03. The van der Waals surface area contributed by atoms with Gasteiger partial charge in [0.25, 0.3) is 0 Å². The fourth-order valence-corrected chi connectivity index (χ4v) is 2.71. The molecule has 0 unspecified atom stereocenters. The van der Waals surface area contributed by atoms with Gasteiger partial charge in [0, 0.05) is 29.8 Å². The number of carbonyl (C=O) groups excluding carboxylic acids is 3. The van der Waals surface area contributed by atoms with Gasteiger partial charge in [-0.05, 0) is 0 Å². The first-order valence-corrected chi connectivity index (χ1v) is 10.2. The average Bonchev–Trinajstić information content (AvgIpc) is 3.22. The van der Waals surface area contributed by atoms with Crippen molar-refractivity contribution in [3.63, 3.8) is 0 Å². The summed E-state index contributed by atoms with van der Waals surface area (Å²) in [6.07, 6.45) is 1.85. The number of amides is 3. The lowest BCUT2D eigenvalue weighted by Gasteiger charge is -2.24. The van der Waals surface area contributed by atoms with Gasteiger partial charge in [0.1, 0.15) is 18.1 Å². The summed E-state index contributed by atoms with van der Waals surface area (Å²) in [6, 6.07) is -5.24. The molecule has 4 atom stereocenters. The van der Waals surface area contributed by atoms with Crippen LogP contribution >= 0.6 is 25.3 Å². The van der Waals surface area contributed by atoms with Gasteiger partial charge in [-0.3, -0.25) is 19.2 Å². The number of carboxylic acids is 2. The second-order valence-corrected chi connectivity index (χ2v) is 7.10. The first-order chi connectivity index (χ1) is 14.6. The Bertz CT molecular complexity index is 791. The van der Waals surface area contributed by atoms with E-state index in [1.165, 1.54) is 12.5 Å². The number of nitrogens with two attached hydrogens (primary N) is 1. The zero-order chi connectivity index (χ0) is 23.6. The molecule has 0 bridgehead atoms. The van der Waals surface area contributed by atoms with Crippen LogP contribution in [0.5, 0.6) is 0 Å². The number of carbonyl (C=O) groups is 5. The molecule has 0 radical (unpaired) electrons. The molecule has 1 heterocycles. The highest BCUT2D eigenvalue weighted by molar-refractivity contribution is 7.80. The third-order valence-electron chi connectivity index (χ3n) is 3.95. The summed E-state index contributed by atoms with van der Waals surface area (Å²) < 4.78 is 0. The van der Waals surface area contributed by atoms with E-state index in [0.29, 0.717) is 5.69 Å². The Hall–Kier alpha value is -2.78. The van der Waals surface area contributed by atoms with Gasteiger partial charge in [0.2, 0.25) is 17.7 Å². The quantitative estimate of drug-likeness (QED) is 0.134. The molecule has 1 aromatic rings. The smallest absolute Gasteiger partial charge is 0.327 e. The normalized spacial score (nSPS) is 14.5. The van der Waals surface area contributed by atoms with Gasteiger partial charge in [-0.25, -0.2) is 9.78 Å². The lowest BCUT2D eigenvalue weighted by Crippen LogP contribution is -2.58. The molecule has 13 nitrogen and oxygen atoms in total. The summed E-state index contributed by atoms with van der Waals surface area (Å²) in [5.41, 5.74) is 5.97. The number of aromatic amines is 1. The monoisotopic (exact) mass is 476 g/mol. The number of carboxylic acid groups (broad SMARTS) is 2. The third-order valence-corrected chi connectivity index (χ3v) is 4.71. The second kappa shape index (κ2) is 12.8. The Morgan fingerprint density at radius 3 is 2.03 bits per heavy atom. The van der Waals surface area contributed by atoms with E-state index in [1.807, 2.05) is 0 Å². The number of hydrogen-bond acceptors (Lipinski definition) is 9. The van der Waals surface area contributed by atoms with Crippen LogP contribution in [0.15, 0.2) is 12.5 Å². The summed E-state index contributed by atoms with van der Waals surface area (Å²) in [6.45, 7) is 0. The first-order valence-electron chi connectivity index (χ1n) is 8.89. The molecule has 8 N–H and O–H groups in total. The van der Waals surface area contributed by atoms with Crippen molar-refractivity contribution in [1.82, 2.24) is 25.9 Å². The highest BCUT2D eigenvalue weighted by Gasteiger charge is 2.31. The topological polar surface area (TPSA) is 217 Å². The molecule has 3 amide bonds. The van der Waals surface area contributed by atoms with E-state index in [9.17, 15) is 24.0 Å². The largest absolute Gasteiger partial charge is 0.481 e. The molecular weight excluding hydrogens is 452 g/mol. The van der Waals surface area contributed by atoms with E-state index in [2.05, 4.69) is 51.2 Å². The standard InChI is InChI=1S/C16H24N6O7S2/c17-8(4-30)13(25)20-10(2-12(23)24)15(27)21-9(1-7-3-18-6-19-7)14(26)22-11(5-31)16(28)29/h3,6,8-11,30-31H,1-2,4-5,17H2,(H,18,19)(H,20,25)(H,21,27)(H,22,26)(H,23,24)(H,28,29)/t8-,9-,10-,11-/m0/s1. The maximum atomic E-state index is 12.7. The molecule has 0 aliphatic carbocycles. The Balaban J connectivity index is 3.03. The average molecular weight is 477 g/mol. The molecule has 0 saturated heterocycles. The summed E-state index contributed by atoms with van der Waals surface area (Å²) >= 11 is 7.73. The van der Waals surface area contributed by atoms with Crippen LogP contribution < -0.4 is 21.7 Å². The van der Waals surface area contributed by atoms with Crippen molar-refractivity contribution in [2.45, 2.75) is 37.0 Å². The number of nitrogens with zero attached hydrogens (tertiary/aromatic N) is 1. The predicted octanol–water partition coefficient (Wildman–Crippen LogP) is -2.85. The minimum Gasteiger partial charge on any atom is -0.481 e. The molecule has 15 heteroatoms. The maximum absolute atomic E-state index is 12.7. The van der Waals surface area contributed by atoms with E-state index in [1.54, 1.807) is 0 Å². The second-order valence-electron chi connectivity index (χ2n) is 6.37. The molecule has 31 heavy (non-hydrogen) atoms.